The summed E-state index contributed by atoms with van der Waals surface area (Å²) in [5, 5.41) is 0. The molecule has 1 atom stereocenters. The van der Waals surface area contributed by atoms with Gasteiger partial charge in [0.1, 0.15) is 13.2 Å². The Morgan fingerprint density at radius 2 is 0.524 bits per heavy atom. The predicted molar refractivity (Wildman–Crippen MR) is 270 cm³/mol. The van der Waals surface area contributed by atoms with Gasteiger partial charge in [-0.1, -0.05) is 264 Å². The van der Waals surface area contributed by atoms with E-state index in [-0.39, 0.29) is 31.1 Å². The zero-order valence-corrected chi connectivity index (χ0v) is 42.6. The van der Waals surface area contributed by atoms with Crippen LogP contribution in [0.5, 0.6) is 0 Å². The maximum absolute atomic E-state index is 12.7. The Kier molecular flexibility index (Phi) is 51.2. The van der Waals surface area contributed by atoms with Crippen LogP contribution in [0.1, 0.15) is 316 Å². The van der Waals surface area contributed by atoms with Crippen LogP contribution >= 0.6 is 0 Å². The van der Waals surface area contributed by atoms with Crippen LogP contribution in [-0.4, -0.2) is 37.2 Å². The molecular weight excluding hydrogens is 781 g/mol. The van der Waals surface area contributed by atoms with E-state index in [1.807, 2.05) is 0 Å². The number of carbonyl (C=O) groups is 3. The van der Waals surface area contributed by atoms with Gasteiger partial charge in [0.2, 0.25) is 0 Å². The fourth-order valence-corrected chi connectivity index (χ4v) is 8.50. The lowest BCUT2D eigenvalue weighted by Crippen LogP contribution is -2.30. The number of rotatable bonds is 52. The van der Waals surface area contributed by atoms with E-state index in [0.29, 0.717) is 19.3 Å². The van der Waals surface area contributed by atoms with E-state index in [0.717, 1.165) is 70.6 Å². The number of esters is 3. The third kappa shape index (κ3) is 51.0. The first-order valence-electron chi connectivity index (χ1n) is 28.2. The van der Waals surface area contributed by atoms with Crippen molar-refractivity contribution in [3.63, 3.8) is 0 Å². The minimum Gasteiger partial charge on any atom is -0.462 e. The lowest BCUT2D eigenvalue weighted by atomic mass is 10.0. The molecule has 0 fully saturated rings. The average molecular weight is 889 g/mol. The summed E-state index contributed by atoms with van der Waals surface area (Å²) in [5.74, 6) is -0.876. The van der Waals surface area contributed by atoms with Gasteiger partial charge in [0.05, 0.1) is 0 Å². The minimum absolute atomic E-state index is 0.0695. The molecule has 0 saturated heterocycles. The molecule has 372 valence electrons. The normalized spacial score (nSPS) is 12.0. The SMILES string of the molecule is CCCCCC/C=C\CCCCCCCC(=O)OC(COC(=O)CCCCCCC)COC(=O)CCCCCCCCCCCCCCCCCCCCCCCCCCCCC. The van der Waals surface area contributed by atoms with Gasteiger partial charge in [0.25, 0.3) is 0 Å². The van der Waals surface area contributed by atoms with Gasteiger partial charge in [0, 0.05) is 19.3 Å². The Balaban J connectivity index is 3.94. The van der Waals surface area contributed by atoms with Crippen molar-refractivity contribution in [3.05, 3.63) is 12.2 Å². The fourth-order valence-electron chi connectivity index (χ4n) is 8.50. The molecule has 0 spiro atoms. The molecule has 0 aromatic rings. The molecule has 0 amide bonds. The molecule has 0 saturated carbocycles. The van der Waals surface area contributed by atoms with Crippen molar-refractivity contribution < 1.29 is 28.6 Å². The van der Waals surface area contributed by atoms with Crippen LogP contribution in [0.2, 0.25) is 0 Å². The largest absolute Gasteiger partial charge is 0.462 e. The molecule has 63 heavy (non-hydrogen) atoms. The summed E-state index contributed by atoms with van der Waals surface area (Å²) in [6, 6.07) is 0. The fraction of sp³-hybridized carbons (Fsp3) is 0.912. The van der Waals surface area contributed by atoms with E-state index >= 15 is 0 Å². The topological polar surface area (TPSA) is 78.9 Å². The van der Waals surface area contributed by atoms with E-state index in [2.05, 4.69) is 32.9 Å². The van der Waals surface area contributed by atoms with Gasteiger partial charge < -0.3 is 14.2 Å². The molecule has 1 unspecified atom stereocenters. The Hall–Kier alpha value is -1.85. The summed E-state index contributed by atoms with van der Waals surface area (Å²) in [6.07, 6.45) is 59.8. The van der Waals surface area contributed by atoms with Crippen molar-refractivity contribution in [1.82, 2.24) is 0 Å². The molecule has 0 N–H and O–H groups in total. The first-order valence-corrected chi connectivity index (χ1v) is 28.2. The standard InChI is InChI=1S/C57H108O6/c1-4-7-10-13-15-17-19-21-22-23-24-25-26-27-28-29-30-31-32-33-34-36-37-39-41-44-47-50-56(59)62-53-54(52-61-55(58)49-46-43-12-9-6-3)63-57(60)51-48-45-42-40-38-35-20-18-16-14-11-8-5-2/h18,20,54H,4-17,19,21-53H2,1-3H3/b20-18-. The highest BCUT2D eigenvalue weighted by atomic mass is 16.6. The number of unbranched alkanes of at least 4 members (excludes halogenated alkanes) is 39. The molecule has 6 heteroatoms. The summed E-state index contributed by atoms with van der Waals surface area (Å²) in [7, 11) is 0. The van der Waals surface area contributed by atoms with Crippen LogP contribution in [0, 0.1) is 0 Å². The smallest absolute Gasteiger partial charge is 0.306 e. The molecule has 0 radical (unpaired) electrons. The zero-order valence-electron chi connectivity index (χ0n) is 42.6. The maximum atomic E-state index is 12.7. The number of hydrogen-bond acceptors (Lipinski definition) is 6. The van der Waals surface area contributed by atoms with Gasteiger partial charge in [-0.05, 0) is 44.9 Å². The Morgan fingerprint density at radius 1 is 0.302 bits per heavy atom. The van der Waals surface area contributed by atoms with Crippen LogP contribution < -0.4 is 0 Å². The van der Waals surface area contributed by atoms with Crippen LogP contribution in [0.4, 0.5) is 0 Å². The summed E-state index contributed by atoms with van der Waals surface area (Å²) in [5.41, 5.74) is 0. The lowest BCUT2D eigenvalue weighted by Gasteiger charge is -2.18. The third-order valence-electron chi connectivity index (χ3n) is 12.8. The van der Waals surface area contributed by atoms with Gasteiger partial charge >= 0.3 is 17.9 Å². The molecule has 0 bridgehead atoms. The number of allylic oxidation sites excluding steroid dienone is 2. The Labute approximate surface area is 392 Å². The van der Waals surface area contributed by atoms with Crippen molar-refractivity contribution >= 4 is 17.9 Å². The summed E-state index contributed by atoms with van der Waals surface area (Å²) < 4.78 is 16.7. The highest BCUT2D eigenvalue weighted by Gasteiger charge is 2.19. The van der Waals surface area contributed by atoms with E-state index in [4.69, 9.17) is 14.2 Å². The second-order valence-corrected chi connectivity index (χ2v) is 19.2. The summed E-state index contributed by atoms with van der Waals surface area (Å²) >= 11 is 0. The van der Waals surface area contributed by atoms with Gasteiger partial charge in [-0.2, -0.15) is 0 Å². The second-order valence-electron chi connectivity index (χ2n) is 19.2. The minimum atomic E-state index is -0.766. The van der Waals surface area contributed by atoms with Crippen LogP contribution in [0.3, 0.4) is 0 Å². The lowest BCUT2D eigenvalue weighted by molar-refractivity contribution is -0.167. The number of hydrogen-bond donors (Lipinski definition) is 0. The van der Waals surface area contributed by atoms with Crippen molar-refractivity contribution in [1.29, 1.82) is 0 Å². The molecule has 0 aliphatic rings. The van der Waals surface area contributed by atoms with Crippen LogP contribution in [0.25, 0.3) is 0 Å². The summed E-state index contributed by atoms with van der Waals surface area (Å²) in [4.78, 5) is 37.7. The highest BCUT2D eigenvalue weighted by molar-refractivity contribution is 5.71. The zero-order chi connectivity index (χ0) is 45.8. The van der Waals surface area contributed by atoms with Gasteiger partial charge in [-0.15, -0.1) is 0 Å². The van der Waals surface area contributed by atoms with E-state index in [1.54, 1.807) is 0 Å². The highest BCUT2D eigenvalue weighted by Crippen LogP contribution is 2.17. The number of ether oxygens (including phenoxy) is 3. The first-order chi connectivity index (χ1) is 31.0. The first kappa shape index (κ1) is 61.1. The monoisotopic (exact) mass is 889 g/mol. The summed E-state index contributed by atoms with van der Waals surface area (Å²) in [6.45, 7) is 6.57. The van der Waals surface area contributed by atoms with E-state index < -0.39 is 6.10 Å². The predicted octanol–water partition coefficient (Wildman–Crippen LogP) is 18.5. The van der Waals surface area contributed by atoms with Crippen LogP contribution in [0.15, 0.2) is 12.2 Å². The van der Waals surface area contributed by atoms with Crippen LogP contribution in [-0.2, 0) is 28.6 Å². The van der Waals surface area contributed by atoms with Crippen molar-refractivity contribution in [2.45, 2.75) is 322 Å². The molecule has 0 aromatic heterocycles. The molecule has 0 aliphatic carbocycles. The quantitative estimate of drug-likeness (QED) is 0.0262. The van der Waals surface area contributed by atoms with E-state index in [1.165, 1.54) is 205 Å². The molecule has 0 aromatic carbocycles. The molecule has 0 aliphatic heterocycles. The van der Waals surface area contributed by atoms with Crippen molar-refractivity contribution in [2.24, 2.45) is 0 Å². The Morgan fingerprint density at radius 3 is 0.810 bits per heavy atom. The third-order valence-corrected chi connectivity index (χ3v) is 12.8. The number of carbonyl (C=O) groups excluding carboxylic acids is 3. The Bertz CT molecular complexity index is 978. The van der Waals surface area contributed by atoms with E-state index in [9.17, 15) is 14.4 Å². The average Bonchev–Trinajstić information content (AvgIpc) is 3.28. The van der Waals surface area contributed by atoms with Gasteiger partial charge in [-0.25, -0.2) is 0 Å². The van der Waals surface area contributed by atoms with Crippen molar-refractivity contribution in [2.75, 3.05) is 13.2 Å². The second kappa shape index (κ2) is 52.8. The molecule has 0 heterocycles. The molecule has 0 rings (SSSR count). The molecule has 6 nitrogen and oxygen atoms in total. The molecular formula is C57H108O6. The maximum Gasteiger partial charge on any atom is 0.306 e. The van der Waals surface area contributed by atoms with Crippen molar-refractivity contribution in [3.8, 4) is 0 Å². The van der Waals surface area contributed by atoms with Gasteiger partial charge in [-0.3, -0.25) is 14.4 Å². The van der Waals surface area contributed by atoms with Gasteiger partial charge in [0.15, 0.2) is 6.10 Å².